The van der Waals surface area contributed by atoms with E-state index in [0.29, 0.717) is 12.0 Å². The number of nitrogens with zero attached hydrogens (tertiary/aromatic N) is 2. The van der Waals surface area contributed by atoms with E-state index in [4.69, 9.17) is 16.1 Å². The molecule has 1 N–H and O–H groups in total. The summed E-state index contributed by atoms with van der Waals surface area (Å²) < 4.78 is 47.4. The smallest absolute Gasteiger partial charge is 0.239 e. The highest BCUT2D eigenvalue weighted by atomic mass is 35.5. The summed E-state index contributed by atoms with van der Waals surface area (Å²) in [6.07, 6.45) is 3.59. The average molecular weight is 458 g/mol. The third-order valence-corrected chi connectivity index (χ3v) is 5.03. The van der Waals surface area contributed by atoms with Crippen molar-refractivity contribution in [1.29, 1.82) is 0 Å². The summed E-state index contributed by atoms with van der Waals surface area (Å²) in [5, 5.41) is 5.81. The third kappa shape index (κ3) is 4.36. The van der Waals surface area contributed by atoms with Crippen molar-refractivity contribution >= 4 is 23.4 Å². The van der Waals surface area contributed by atoms with Crippen molar-refractivity contribution in [2.45, 2.75) is 12.8 Å². The number of carbonyl (C=O) groups excluding carboxylic acids is 1. The first-order chi connectivity index (χ1) is 15.5. The number of halogens is 4. The Kier molecular flexibility index (Phi) is 6.23. The molecule has 0 saturated heterocycles. The summed E-state index contributed by atoms with van der Waals surface area (Å²) >= 11 is 5.71. The normalized spacial score (nSPS) is 10.9. The molecule has 0 bridgehead atoms. The van der Waals surface area contributed by atoms with E-state index in [2.05, 4.69) is 15.5 Å². The van der Waals surface area contributed by atoms with Crippen molar-refractivity contribution in [2.75, 3.05) is 5.32 Å². The second-order valence-electron chi connectivity index (χ2n) is 6.85. The first-order valence-corrected chi connectivity index (χ1v) is 9.90. The van der Waals surface area contributed by atoms with Gasteiger partial charge in [-0.2, -0.15) is 0 Å². The SMILES string of the molecule is O=C(CCc1ccccc1)Nc1onc(-c2cc(Cl)c(F)c(F)c2F)c1-c1ccncc1. The molecule has 2 aromatic heterocycles. The van der Waals surface area contributed by atoms with E-state index in [1.54, 1.807) is 12.1 Å². The van der Waals surface area contributed by atoms with Crippen LogP contribution in [0.4, 0.5) is 19.1 Å². The summed E-state index contributed by atoms with van der Waals surface area (Å²) in [6.45, 7) is 0. The highest BCUT2D eigenvalue weighted by Gasteiger charge is 2.27. The van der Waals surface area contributed by atoms with Crippen molar-refractivity contribution in [3.63, 3.8) is 0 Å². The van der Waals surface area contributed by atoms with E-state index in [9.17, 15) is 18.0 Å². The molecule has 1 amide bonds. The van der Waals surface area contributed by atoms with Gasteiger partial charge in [0.05, 0.1) is 10.6 Å². The number of carbonyl (C=O) groups is 1. The predicted molar refractivity (Wildman–Crippen MR) is 113 cm³/mol. The number of aryl methyl sites for hydroxylation is 1. The molecule has 0 aliphatic rings. The molecule has 0 saturated carbocycles. The summed E-state index contributed by atoms with van der Waals surface area (Å²) in [6, 6.07) is 13.5. The van der Waals surface area contributed by atoms with Crippen LogP contribution in [0.5, 0.6) is 0 Å². The predicted octanol–water partition coefficient (Wildman–Crippen LogP) is 6.05. The fourth-order valence-corrected chi connectivity index (χ4v) is 3.37. The Morgan fingerprint density at radius 1 is 1.00 bits per heavy atom. The Balaban J connectivity index is 1.70. The van der Waals surface area contributed by atoms with Gasteiger partial charge < -0.3 is 4.52 Å². The van der Waals surface area contributed by atoms with Crippen LogP contribution in [0.15, 0.2) is 65.4 Å². The lowest BCUT2D eigenvalue weighted by molar-refractivity contribution is -0.116. The van der Waals surface area contributed by atoms with Crippen LogP contribution in [0.25, 0.3) is 22.4 Å². The van der Waals surface area contributed by atoms with Gasteiger partial charge in [-0.25, -0.2) is 13.2 Å². The molecule has 0 atom stereocenters. The lowest BCUT2D eigenvalue weighted by Crippen LogP contribution is -2.12. The Morgan fingerprint density at radius 2 is 1.72 bits per heavy atom. The van der Waals surface area contributed by atoms with Crippen molar-refractivity contribution < 1.29 is 22.5 Å². The summed E-state index contributed by atoms with van der Waals surface area (Å²) in [5.74, 6) is -5.14. The van der Waals surface area contributed by atoms with Gasteiger partial charge in [0, 0.05) is 24.4 Å². The summed E-state index contributed by atoms with van der Waals surface area (Å²) in [5.41, 5.74) is 1.08. The van der Waals surface area contributed by atoms with Gasteiger partial charge in [-0.3, -0.25) is 15.1 Å². The van der Waals surface area contributed by atoms with Crippen LogP contribution in [-0.4, -0.2) is 16.0 Å². The Bertz CT molecular complexity index is 1260. The molecule has 162 valence electrons. The molecule has 2 heterocycles. The molecule has 4 rings (SSSR count). The standard InChI is InChI=1S/C23H15ClF3N3O2/c24-16-12-15(19(25)21(27)20(16)26)22-18(14-8-10-28-11-9-14)23(32-30-22)29-17(31)7-6-13-4-2-1-3-5-13/h1-5,8-12H,6-7H2,(H,29,31). The van der Waals surface area contributed by atoms with Gasteiger partial charge >= 0.3 is 0 Å². The number of benzene rings is 2. The lowest BCUT2D eigenvalue weighted by Gasteiger charge is -2.08. The zero-order valence-corrected chi connectivity index (χ0v) is 17.2. The van der Waals surface area contributed by atoms with Crippen LogP contribution in [0, 0.1) is 17.5 Å². The Labute approximate surface area is 185 Å². The van der Waals surface area contributed by atoms with E-state index in [-0.39, 0.29) is 29.5 Å². The van der Waals surface area contributed by atoms with Gasteiger partial charge in [0.25, 0.3) is 0 Å². The zero-order valence-electron chi connectivity index (χ0n) is 16.4. The van der Waals surface area contributed by atoms with Gasteiger partial charge in [-0.1, -0.05) is 47.1 Å². The quantitative estimate of drug-likeness (QED) is 0.283. The third-order valence-electron chi connectivity index (χ3n) is 4.76. The Hall–Kier alpha value is -3.65. The highest BCUT2D eigenvalue weighted by molar-refractivity contribution is 6.31. The van der Waals surface area contributed by atoms with Crippen LogP contribution in [0.1, 0.15) is 12.0 Å². The number of anilines is 1. The zero-order chi connectivity index (χ0) is 22.7. The molecule has 5 nitrogen and oxygen atoms in total. The van der Waals surface area contributed by atoms with Crippen LogP contribution >= 0.6 is 11.6 Å². The van der Waals surface area contributed by atoms with Gasteiger partial charge in [-0.15, -0.1) is 0 Å². The molecule has 2 aromatic carbocycles. The molecule has 32 heavy (non-hydrogen) atoms. The number of nitrogens with one attached hydrogen (secondary N) is 1. The maximum atomic E-state index is 14.5. The topological polar surface area (TPSA) is 68.0 Å². The van der Waals surface area contributed by atoms with Crippen LogP contribution in [-0.2, 0) is 11.2 Å². The van der Waals surface area contributed by atoms with E-state index >= 15 is 0 Å². The maximum absolute atomic E-state index is 14.5. The number of hydrogen-bond donors (Lipinski definition) is 1. The lowest BCUT2D eigenvalue weighted by atomic mass is 10.0. The first-order valence-electron chi connectivity index (χ1n) is 9.53. The van der Waals surface area contributed by atoms with E-state index in [1.165, 1.54) is 12.4 Å². The van der Waals surface area contributed by atoms with Crippen molar-refractivity contribution in [1.82, 2.24) is 10.1 Å². The molecule has 0 fully saturated rings. The van der Waals surface area contributed by atoms with Gasteiger partial charge in [0.1, 0.15) is 5.69 Å². The number of hydrogen-bond acceptors (Lipinski definition) is 4. The minimum absolute atomic E-state index is 0.0653. The molecular formula is C23H15ClF3N3O2. The minimum atomic E-state index is -1.73. The van der Waals surface area contributed by atoms with Crippen LogP contribution in [0.2, 0.25) is 5.02 Å². The van der Waals surface area contributed by atoms with Crippen molar-refractivity contribution in [3.8, 4) is 22.4 Å². The van der Waals surface area contributed by atoms with E-state index in [1.807, 2.05) is 30.3 Å². The van der Waals surface area contributed by atoms with Gasteiger partial charge in [-0.05, 0) is 35.7 Å². The molecule has 4 aromatic rings. The molecule has 0 aliphatic carbocycles. The molecule has 9 heteroatoms. The second-order valence-corrected chi connectivity index (χ2v) is 7.26. The molecule has 0 unspecified atom stereocenters. The van der Waals surface area contributed by atoms with Crippen molar-refractivity contribution in [2.24, 2.45) is 0 Å². The number of aromatic nitrogens is 2. The van der Waals surface area contributed by atoms with Crippen molar-refractivity contribution in [3.05, 3.63) is 89.0 Å². The monoisotopic (exact) mass is 457 g/mol. The van der Waals surface area contributed by atoms with E-state index < -0.39 is 28.0 Å². The fraction of sp³-hybridized carbons (Fsp3) is 0.0870. The number of amides is 1. The van der Waals surface area contributed by atoms with Crippen LogP contribution in [0.3, 0.4) is 0 Å². The molecular weight excluding hydrogens is 443 g/mol. The molecule has 0 spiro atoms. The fourth-order valence-electron chi connectivity index (χ4n) is 3.18. The second kappa shape index (κ2) is 9.23. The molecule has 0 aliphatic heterocycles. The maximum Gasteiger partial charge on any atom is 0.239 e. The van der Waals surface area contributed by atoms with Crippen LogP contribution < -0.4 is 5.32 Å². The number of pyridine rings is 1. The average Bonchev–Trinajstić information content (AvgIpc) is 3.23. The largest absolute Gasteiger partial charge is 0.337 e. The van der Waals surface area contributed by atoms with Gasteiger partial charge in [0.15, 0.2) is 17.5 Å². The number of rotatable bonds is 6. The summed E-state index contributed by atoms with van der Waals surface area (Å²) in [7, 11) is 0. The van der Waals surface area contributed by atoms with Gasteiger partial charge in [0.2, 0.25) is 11.8 Å². The van der Waals surface area contributed by atoms with E-state index in [0.717, 1.165) is 11.6 Å². The summed E-state index contributed by atoms with van der Waals surface area (Å²) in [4.78, 5) is 16.4. The molecule has 0 radical (unpaired) electrons. The highest BCUT2D eigenvalue weighted by Crippen LogP contribution is 2.40. The Morgan fingerprint density at radius 3 is 2.44 bits per heavy atom. The first kappa shape index (κ1) is 21.6. The minimum Gasteiger partial charge on any atom is -0.337 e.